The fourth-order valence-corrected chi connectivity index (χ4v) is 2.82. The summed E-state index contributed by atoms with van der Waals surface area (Å²) >= 11 is 13.1. The van der Waals surface area contributed by atoms with Gasteiger partial charge in [0.25, 0.3) is 0 Å². The van der Waals surface area contributed by atoms with Crippen LogP contribution < -0.4 is 0 Å². The lowest BCUT2D eigenvalue weighted by atomic mass is 10.1. The molecule has 2 aromatic rings. The SMILES string of the molecule is N#Cc1ccc(CCl)c2cc(Cl)sc12. The highest BCUT2D eigenvalue weighted by molar-refractivity contribution is 7.22. The van der Waals surface area contributed by atoms with E-state index in [1.807, 2.05) is 12.1 Å². The Morgan fingerprint density at radius 2 is 2.21 bits per heavy atom. The summed E-state index contributed by atoms with van der Waals surface area (Å²) in [7, 11) is 0. The van der Waals surface area contributed by atoms with Gasteiger partial charge in [0.2, 0.25) is 0 Å². The van der Waals surface area contributed by atoms with Gasteiger partial charge in [-0.05, 0) is 23.1 Å². The van der Waals surface area contributed by atoms with Crippen molar-refractivity contribution in [1.29, 1.82) is 5.26 Å². The summed E-state index contributed by atoms with van der Waals surface area (Å²) < 4.78 is 1.62. The molecule has 70 valence electrons. The molecule has 1 aromatic heterocycles. The molecular formula is C10H5Cl2NS. The Balaban J connectivity index is 2.86. The van der Waals surface area contributed by atoms with Gasteiger partial charge < -0.3 is 0 Å². The first-order chi connectivity index (χ1) is 6.76. The molecule has 0 amide bonds. The molecule has 0 atom stereocenters. The van der Waals surface area contributed by atoms with Crippen molar-refractivity contribution in [3.05, 3.63) is 33.7 Å². The lowest BCUT2D eigenvalue weighted by Crippen LogP contribution is -1.81. The second kappa shape index (κ2) is 3.78. The summed E-state index contributed by atoms with van der Waals surface area (Å²) in [5.41, 5.74) is 1.68. The highest BCUT2D eigenvalue weighted by Gasteiger charge is 2.08. The molecule has 0 saturated heterocycles. The fourth-order valence-electron chi connectivity index (χ4n) is 1.35. The van der Waals surface area contributed by atoms with Crippen molar-refractivity contribution >= 4 is 44.6 Å². The van der Waals surface area contributed by atoms with Crippen molar-refractivity contribution in [2.45, 2.75) is 5.88 Å². The van der Waals surface area contributed by atoms with Gasteiger partial charge in [0.05, 0.1) is 14.6 Å². The van der Waals surface area contributed by atoms with Gasteiger partial charge in [-0.15, -0.1) is 22.9 Å². The maximum atomic E-state index is 8.89. The van der Waals surface area contributed by atoms with Crippen molar-refractivity contribution in [3.63, 3.8) is 0 Å². The van der Waals surface area contributed by atoms with Crippen LogP contribution in [0.3, 0.4) is 0 Å². The molecule has 0 aliphatic heterocycles. The molecule has 1 aromatic carbocycles. The van der Waals surface area contributed by atoms with E-state index < -0.39 is 0 Å². The van der Waals surface area contributed by atoms with Crippen LogP contribution in [-0.4, -0.2) is 0 Å². The number of hydrogen-bond acceptors (Lipinski definition) is 2. The highest BCUT2D eigenvalue weighted by atomic mass is 35.5. The molecular weight excluding hydrogens is 237 g/mol. The Labute approximate surface area is 95.5 Å². The third-order valence-corrected chi connectivity index (χ3v) is 3.59. The van der Waals surface area contributed by atoms with Crippen LogP contribution in [0, 0.1) is 11.3 Å². The zero-order chi connectivity index (χ0) is 10.1. The maximum Gasteiger partial charge on any atom is 0.101 e. The van der Waals surface area contributed by atoms with Crippen molar-refractivity contribution in [2.75, 3.05) is 0 Å². The Morgan fingerprint density at radius 3 is 2.86 bits per heavy atom. The summed E-state index contributed by atoms with van der Waals surface area (Å²) in [4.78, 5) is 0. The molecule has 0 bridgehead atoms. The van der Waals surface area contributed by atoms with Crippen molar-refractivity contribution in [1.82, 2.24) is 0 Å². The smallest absolute Gasteiger partial charge is 0.101 e. The molecule has 0 N–H and O–H groups in total. The van der Waals surface area contributed by atoms with E-state index in [0.29, 0.717) is 15.8 Å². The van der Waals surface area contributed by atoms with Crippen LogP contribution in [0.25, 0.3) is 10.1 Å². The first kappa shape index (κ1) is 9.79. The van der Waals surface area contributed by atoms with E-state index >= 15 is 0 Å². The molecule has 0 aliphatic rings. The van der Waals surface area contributed by atoms with E-state index in [2.05, 4.69) is 6.07 Å². The first-order valence-electron chi connectivity index (χ1n) is 3.93. The number of fused-ring (bicyclic) bond motifs is 1. The summed E-state index contributed by atoms with van der Waals surface area (Å²) in [5.74, 6) is 0.440. The molecule has 2 rings (SSSR count). The van der Waals surface area contributed by atoms with E-state index in [0.717, 1.165) is 15.6 Å². The van der Waals surface area contributed by atoms with Crippen LogP contribution in [0.2, 0.25) is 4.34 Å². The predicted octanol–water partition coefficient (Wildman–Crippen LogP) is 4.17. The quantitative estimate of drug-likeness (QED) is 0.688. The second-order valence-electron chi connectivity index (χ2n) is 2.81. The number of thiophene rings is 1. The number of halogens is 2. The van der Waals surface area contributed by atoms with Gasteiger partial charge in [0, 0.05) is 5.88 Å². The Kier molecular flexibility index (Phi) is 2.64. The van der Waals surface area contributed by atoms with E-state index in [4.69, 9.17) is 28.5 Å². The third-order valence-electron chi connectivity index (χ3n) is 2.01. The molecule has 0 unspecified atom stereocenters. The summed E-state index contributed by atoms with van der Waals surface area (Å²) in [6, 6.07) is 7.66. The number of nitrogens with zero attached hydrogens (tertiary/aromatic N) is 1. The van der Waals surface area contributed by atoms with Crippen molar-refractivity contribution in [2.24, 2.45) is 0 Å². The largest absolute Gasteiger partial charge is 0.192 e. The van der Waals surface area contributed by atoms with Crippen LogP contribution in [-0.2, 0) is 5.88 Å². The van der Waals surface area contributed by atoms with Gasteiger partial charge in [-0.2, -0.15) is 5.26 Å². The number of hydrogen-bond donors (Lipinski definition) is 0. The molecule has 0 fully saturated rings. The first-order valence-corrected chi connectivity index (χ1v) is 5.66. The number of alkyl halides is 1. The van der Waals surface area contributed by atoms with E-state index in [9.17, 15) is 0 Å². The topological polar surface area (TPSA) is 23.8 Å². The molecule has 14 heavy (non-hydrogen) atoms. The van der Waals surface area contributed by atoms with Gasteiger partial charge in [-0.25, -0.2) is 0 Å². The number of benzene rings is 1. The fraction of sp³-hybridized carbons (Fsp3) is 0.100. The molecule has 1 nitrogen and oxygen atoms in total. The molecule has 0 radical (unpaired) electrons. The van der Waals surface area contributed by atoms with Crippen molar-refractivity contribution < 1.29 is 0 Å². The van der Waals surface area contributed by atoms with Crippen molar-refractivity contribution in [3.8, 4) is 6.07 Å². The lowest BCUT2D eigenvalue weighted by molar-refractivity contribution is 1.44. The molecule has 4 heteroatoms. The zero-order valence-electron chi connectivity index (χ0n) is 7.05. The minimum absolute atomic E-state index is 0.440. The number of nitriles is 1. The summed E-state index contributed by atoms with van der Waals surface area (Å²) in [5, 5.41) is 9.88. The minimum atomic E-state index is 0.440. The summed E-state index contributed by atoms with van der Waals surface area (Å²) in [6.07, 6.45) is 0. The van der Waals surface area contributed by atoms with E-state index in [1.54, 1.807) is 6.07 Å². The minimum Gasteiger partial charge on any atom is -0.192 e. The van der Waals surface area contributed by atoms with Gasteiger partial charge in [-0.1, -0.05) is 17.7 Å². The highest BCUT2D eigenvalue weighted by Crippen LogP contribution is 2.34. The van der Waals surface area contributed by atoms with Crippen LogP contribution in [0.4, 0.5) is 0 Å². The Bertz CT molecular complexity index is 525. The molecule has 1 heterocycles. The average Bonchev–Trinajstić information content (AvgIpc) is 2.57. The van der Waals surface area contributed by atoms with Gasteiger partial charge in [0.15, 0.2) is 0 Å². The van der Waals surface area contributed by atoms with E-state index in [-0.39, 0.29) is 0 Å². The van der Waals surface area contributed by atoms with Crippen LogP contribution in [0.1, 0.15) is 11.1 Å². The van der Waals surface area contributed by atoms with Crippen LogP contribution >= 0.6 is 34.5 Å². The molecule has 0 aliphatic carbocycles. The Morgan fingerprint density at radius 1 is 1.43 bits per heavy atom. The molecule has 0 saturated carbocycles. The van der Waals surface area contributed by atoms with Gasteiger partial charge >= 0.3 is 0 Å². The monoisotopic (exact) mass is 241 g/mol. The van der Waals surface area contributed by atoms with Gasteiger partial charge in [-0.3, -0.25) is 0 Å². The average molecular weight is 242 g/mol. The van der Waals surface area contributed by atoms with E-state index in [1.165, 1.54) is 11.3 Å². The number of rotatable bonds is 1. The standard InChI is InChI=1S/C10H5Cl2NS/c11-4-6-1-2-7(5-13)10-8(6)3-9(12)14-10/h1-3H,4H2. The Hall–Kier alpha value is -0.750. The maximum absolute atomic E-state index is 8.89. The van der Waals surface area contributed by atoms with Crippen LogP contribution in [0.5, 0.6) is 0 Å². The zero-order valence-corrected chi connectivity index (χ0v) is 9.38. The summed E-state index contributed by atoms with van der Waals surface area (Å²) in [6.45, 7) is 0. The molecule has 0 spiro atoms. The lowest BCUT2D eigenvalue weighted by Gasteiger charge is -1.98. The second-order valence-corrected chi connectivity index (χ2v) is 4.76. The van der Waals surface area contributed by atoms with Crippen LogP contribution in [0.15, 0.2) is 18.2 Å². The normalized spacial score (nSPS) is 10.4. The predicted molar refractivity (Wildman–Crippen MR) is 61.1 cm³/mol. The third kappa shape index (κ3) is 1.48. The van der Waals surface area contributed by atoms with Gasteiger partial charge in [0.1, 0.15) is 6.07 Å².